The lowest BCUT2D eigenvalue weighted by atomic mass is 9.92. The van der Waals surface area contributed by atoms with Crippen LogP contribution < -0.4 is 14.4 Å². The number of nitrogens with one attached hydrogen (secondary N) is 1. The van der Waals surface area contributed by atoms with Gasteiger partial charge in [0.05, 0.1) is 54.0 Å². The van der Waals surface area contributed by atoms with Crippen molar-refractivity contribution < 1.29 is 22.7 Å². The Balaban J connectivity index is 1.44. The van der Waals surface area contributed by atoms with Crippen LogP contribution in [0.2, 0.25) is 0 Å². The molecule has 2 aromatic heterocycles. The van der Waals surface area contributed by atoms with E-state index >= 15 is 0 Å². The second-order valence-corrected chi connectivity index (χ2v) is 14.3. The van der Waals surface area contributed by atoms with E-state index in [1.54, 1.807) is 35.5 Å². The monoisotopic (exact) mass is 671 g/mol. The number of rotatable bonds is 8. The Morgan fingerprint density at radius 2 is 1.79 bits per heavy atom. The summed E-state index contributed by atoms with van der Waals surface area (Å²) in [6.45, 7) is 8.02. The minimum Gasteiger partial charge on any atom is -0.475 e. The summed E-state index contributed by atoms with van der Waals surface area (Å²) in [5.41, 5.74) is 4.04. The lowest BCUT2D eigenvalue weighted by Crippen LogP contribution is -2.46. The van der Waals surface area contributed by atoms with Crippen molar-refractivity contribution in [3.8, 4) is 17.1 Å². The van der Waals surface area contributed by atoms with E-state index < -0.39 is 22.0 Å². The van der Waals surface area contributed by atoms with Gasteiger partial charge in [-0.15, -0.1) is 0 Å². The molecule has 4 bridgehead atoms. The van der Waals surface area contributed by atoms with Gasteiger partial charge in [-0.1, -0.05) is 24.3 Å². The van der Waals surface area contributed by atoms with E-state index in [0.29, 0.717) is 17.4 Å². The fourth-order valence-corrected chi connectivity index (χ4v) is 6.88. The van der Waals surface area contributed by atoms with Crippen molar-refractivity contribution in [2.45, 2.75) is 76.6 Å². The first-order valence-electron chi connectivity index (χ1n) is 16.2. The van der Waals surface area contributed by atoms with Crippen LogP contribution in [0.1, 0.15) is 60.3 Å². The minimum atomic E-state index is -4.19. The summed E-state index contributed by atoms with van der Waals surface area (Å²) in [7, 11) is -2.18. The van der Waals surface area contributed by atoms with Gasteiger partial charge in [-0.3, -0.25) is 9.78 Å². The standard InChI is InChI=1S/C35H41N7O5S/c1-22(2)46-20-28-21-47-32-16-30(33-23(3)9-6-10-24(33)4)38-35(39-32)40-48(44,45)29-14-7-11-25(15-29)34(43)42(28)19-26-17-36-18-31(37-26)41(5)27-12-8-13-27/h6-7,9-11,14-18,22,27-28H,8,12-13,19-21H2,1-5H3,(H,38,39,40)/t28-/m1/s1. The maximum Gasteiger partial charge on any atom is 0.264 e. The van der Waals surface area contributed by atoms with Gasteiger partial charge < -0.3 is 19.3 Å². The number of fused-ring (bicyclic) bond motifs is 4. The second-order valence-electron chi connectivity index (χ2n) is 12.7. The molecule has 1 aliphatic heterocycles. The molecule has 4 aromatic rings. The third kappa shape index (κ3) is 7.26. The zero-order valence-electron chi connectivity index (χ0n) is 27.9. The number of hydrogen-bond acceptors (Lipinski definition) is 10. The van der Waals surface area contributed by atoms with Crippen LogP contribution in [-0.2, 0) is 21.3 Å². The summed E-state index contributed by atoms with van der Waals surface area (Å²) in [4.78, 5) is 36.4. The molecule has 6 rings (SSSR count). The summed E-state index contributed by atoms with van der Waals surface area (Å²) < 4.78 is 42.2. The van der Waals surface area contributed by atoms with E-state index in [2.05, 4.69) is 24.6 Å². The van der Waals surface area contributed by atoms with Crippen molar-refractivity contribution in [2.75, 3.05) is 29.9 Å². The molecule has 2 aromatic carbocycles. The first-order valence-corrected chi connectivity index (χ1v) is 17.6. The van der Waals surface area contributed by atoms with E-state index in [1.165, 1.54) is 18.6 Å². The summed E-state index contributed by atoms with van der Waals surface area (Å²) in [5, 5.41) is 0. The number of amides is 1. The molecule has 48 heavy (non-hydrogen) atoms. The van der Waals surface area contributed by atoms with Crippen molar-refractivity contribution in [1.82, 2.24) is 24.8 Å². The van der Waals surface area contributed by atoms with E-state index in [4.69, 9.17) is 14.5 Å². The Hall–Kier alpha value is -4.62. The number of nitrogens with zero attached hydrogens (tertiary/aromatic N) is 6. The zero-order chi connectivity index (χ0) is 34.0. The molecule has 0 unspecified atom stereocenters. The molecule has 1 fully saturated rings. The molecule has 2 aliphatic rings. The molecular formula is C35H41N7O5S. The number of hydrogen-bond donors (Lipinski definition) is 1. The molecule has 252 valence electrons. The number of aryl methyl sites for hydroxylation is 2. The Morgan fingerprint density at radius 1 is 1.04 bits per heavy atom. The van der Waals surface area contributed by atoms with Gasteiger partial charge in [0.15, 0.2) is 0 Å². The Morgan fingerprint density at radius 3 is 2.50 bits per heavy atom. The molecule has 3 heterocycles. The zero-order valence-corrected chi connectivity index (χ0v) is 28.7. The first kappa shape index (κ1) is 33.3. The predicted molar refractivity (Wildman–Crippen MR) is 183 cm³/mol. The van der Waals surface area contributed by atoms with Crippen molar-refractivity contribution >= 4 is 27.7 Å². The lowest BCUT2D eigenvalue weighted by molar-refractivity contribution is 0.00630. The van der Waals surface area contributed by atoms with Gasteiger partial charge in [0.2, 0.25) is 11.8 Å². The number of aromatic nitrogens is 4. The van der Waals surface area contributed by atoms with Crippen molar-refractivity contribution in [1.29, 1.82) is 0 Å². The Labute approximate surface area is 281 Å². The van der Waals surface area contributed by atoms with Crippen LogP contribution in [-0.4, -0.2) is 77.6 Å². The summed E-state index contributed by atoms with van der Waals surface area (Å²) in [5.74, 6) is 0.335. The topological polar surface area (TPSA) is 140 Å². The fourth-order valence-electron chi connectivity index (χ4n) is 5.89. The van der Waals surface area contributed by atoms with Crippen molar-refractivity contribution in [3.63, 3.8) is 0 Å². The molecular weight excluding hydrogens is 630 g/mol. The van der Waals surface area contributed by atoms with E-state index in [0.717, 1.165) is 35.3 Å². The van der Waals surface area contributed by atoms with Crippen LogP contribution in [0.3, 0.4) is 0 Å². The minimum absolute atomic E-state index is 0.00262. The number of carbonyl (C=O) groups is 1. The maximum atomic E-state index is 14.4. The molecule has 0 saturated heterocycles. The predicted octanol–water partition coefficient (Wildman–Crippen LogP) is 5.17. The second kappa shape index (κ2) is 13.9. The van der Waals surface area contributed by atoms with Gasteiger partial charge in [0.1, 0.15) is 12.4 Å². The van der Waals surface area contributed by atoms with Gasteiger partial charge in [-0.2, -0.15) is 4.98 Å². The summed E-state index contributed by atoms with van der Waals surface area (Å²) in [6, 6.07) is 13.3. The first-order chi connectivity index (χ1) is 23.0. The maximum absolute atomic E-state index is 14.4. The third-order valence-electron chi connectivity index (χ3n) is 8.79. The molecule has 0 radical (unpaired) electrons. The lowest BCUT2D eigenvalue weighted by Gasteiger charge is -2.36. The van der Waals surface area contributed by atoms with Gasteiger partial charge in [-0.25, -0.2) is 23.1 Å². The molecule has 13 heteroatoms. The highest BCUT2D eigenvalue weighted by Crippen LogP contribution is 2.31. The van der Waals surface area contributed by atoms with Gasteiger partial charge in [-0.05, 0) is 76.3 Å². The van der Waals surface area contributed by atoms with Crippen LogP contribution in [0.25, 0.3) is 11.3 Å². The van der Waals surface area contributed by atoms with E-state index in [9.17, 15) is 13.2 Å². The summed E-state index contributed by atoms with van der Waals surface area (Å²) in [6.07, 6.45) is 6.64. The normalized spacial score (nSPS) is 17.8. The smallest absolute Gasteiger partial charge is 0.264 e. The highest BCUT2D eigenvalue weighted by Gasteiger charge is 2.30. The number of benzene rings is 2. The van der Waals surface area contributed by atoms with Crippen LogP contribution in [0, 0.1) is 13.8 Å². The fraction of sp³-hybridized carbons (Fsp3) is 0.400. The Bertz CT molecular complexity index is 1900. The van der Waals surface area contributed by atoms with Gasteiger partial charge in [0, 0.05) is 30.3 Å². The average molecular weight is 672 g/mol. The molecule has 0 spiro atoms. The van der Waals surface area contributed by atoms with Crippen LogP contribution in [0.15, 0.2) is 65.8 Å². The molecule has 1 aliphatic carbocycles. The van der Waals surface area contributed by atoms with Crippen LogP contribution in [0.5, 0.6) is 5.88 Å². The van der Waals surface area contributed by atoms with E-state index in [-0.39, 0.29) is 48.1 Å². The quantitative estimate of drug-likeness (QED) is 0.267. The van der Waals surface area contributed by atoms with Gasteiger partial charge >= 0.3 is 0 Å². The summed E-state index contributed by atoms with van der Waals surface area (Å²) >= 11 is 0. The number of ether oxygens (including phenoxy) is 2. The highest BCUT2D eigenvalue weighted by atomic mass is 32.2. The van der Waals surface area contributed by atoms with Crippen molar-refractivity contribution in [2.24, 2.45) is 0 Å². The molecule has 1 atom stereocenters. The number of sulfonamides is 1. The Kier molecular flexibility index (Phi) is 9.61. The highest BCUT2D eigenvalue weighted by molar-refractivity contribution is 7.92. The van der Waals surface area contributed by atoms with Crippen LogP contribution >= 0.6 is 0 Å². The molecule has 1 saturated carbocycles. The third-order valence-corrected chi connectivity index (χ3v) is 10.1. The van der Waals surface area contributed by atoms with Crippen LogP contribution in [0.4, 0.5) is 11.8 Å². The SMILES string of the molecule is Cc1cccc(C)c1-c1cc2nc(n1)NS(=O)(=O)c1cccc(c1)C(=O)N(Cc1cncc(N(C)C3CCC3)n1)[C@H](COC(C)C)CO2. The molecule has 1 amide bonds. The number of anilines is 2. The molecule has 12 nitrogen and oxygen atoms in total. The average Bonchev–Trinajstić information content (AvgIpc) is 3.02. The van der Waals surface area contributed by atoms with E-state index in [1.807, 2.05) is 52.9 Å². The molecule has 1 N–H and O–H groups in total. The van der Waals surface area contributed by atoms with Crippen molar-refractivity contribution in [3.05, 3.63) is 83.3 Å². The van der Waals surface area contributed by atoms with Gasteiger partial charge in [0.25, 0.3) is 15.9 Å². The number of carbonyl (C=O) groups excluding carboxylic acids is 1. The largest absolute Gasteiger partial charge is 0.475 e.